The number of anilines is 1. The van der Waals surface area contributed by atoms with E-state index in [-0.39, 0.29) is 5.97 Å². The van der Waals surface area contributed by atoms with Crippen LogP contribution in [0.5, 0.6) is 11.5 Å². The zero-order valence-corrected chi connectivity index (χ0v) is 19.1. The molecular weight excluding hydrogens is 406 g/mol. The lowest BCUT2D eigenvalue weighted by molar-refractivity contribution is -0.136. The first-order valence-corrected chi connectivity index (χ1v) is 10.8. The fourth-order valence-corrected chi connectivity index (χ4v) is 4.03. The molecule has 7 heteroatoms. The van der Waals surface area contributed by atoms with Gasteiger partial charge in [0.05, 0.1) is 43.5 Å². The van der Waals surface area contributed by atoms with Crippen molar-refractivity contribution in [3.05, 3.63) is 59.3 Å². The van der Waals surface area contributed by atoms with Gasteiger partial charge in [-0.3, -0.25) is 4.57 Å². The molecule has 0 bridgehead atoms. The third-order valence-corrected chi connectivity index (χ3v) is 5.69. The summed E-state index contributed by atoms with van der Waals surface area (Å²) in [6.45, 7) is 6.81. The average molecular weight is 436 g/mol. The van der Waals surface area contributed by atoms with E-state index in [0.717, 1.165) is 23.0 Å². The Balaban J connectivity index is 1.83. The lowest BCUT2D eigenvalue weighted by Crippen LogP contribution is -2.28. The van der Waals surface area contributed by atoms with Gasteiger partial charge in [0.15, 0.2) is 11.5 Å². The second kappa shape index (κ2) is 8.94. The third-order valence-electron chi connectivity index (χ3n) is 5.69. The van der Waals surface area contributed by atoms with Gasteiger partial charge in [0.2, 0.25) is 5.95 Å². The van der Waals surface area contributed by atoms with E-state index < -0.39 is 6.04 Å². The van der Waals surface area contributed by atoms with Gasteiger partial charge in [-0.05, 0) is 49.1 Å². The Hall–Kier alpha value is -3.48. The predicted molar refractivity (Wildman–Crippen MR) is 124 cm³/mol. The van der Waals surface area contributed by atoms with Crippen LogP contribution >= 0.6 is 0 Å². The maximum absolute atomic E-state index is 12.8. The lowest BCUT2D eigenvalue weighted by atomic mass is 9.94. The highest BCUT2D eigenvalue weighted by molar-refractivity contribution is 5.94. The molecule has 0 saturated heterocycles. The second-order valence-electron chi connectivity index (χ2n) is 8.29. The minimum Gasteiger partial charge on any atom is -0.493 e. The molecule has 0 aliphatic carbocycles. The summed E-state index contributed by atoms with van der Waals surface area (Å²) in [5, 5.41) is 3.27. The first-order valence-electron chi connectivity index (χ1n) is 10.8. The van der Waals surface area contributed by atoms with Crippen molar-refractivity contribution in [2.45, 2.75) is 33.2 Å². The van der Waals surface area contributed by atoms with Gasteiger partial charge in [-0.1, -0.05) is 32.0 Å². The van der Waals surface area contributed by atoms with E-state index >= 15 is 0 Å². The SMILES string of the molecule is COC(=O)C1=C(C)Nc2nc3ccccc3n2[C@@H]1c1ccc(OCCC(C)C)c(OC)c1. The third kappa shape index (κ3) is 3.90. The standard InChI is InChI=1S/C25H29N3O4/c1-15(2)12-13-32-20-11-10-17(14-21(20)30-4)23-22(24(29)31-5)16(3)26-25-27-18-8-6-7-9-19(18)28(23)25/h6-11,14-15,23H,12-13H2,1-5H3,(H,26,27)/t23-/m1/s1. The summed E-state index contributed by atoms with van der Waals surface area (Å²) >= 11 is 0. The Morgan fingerprint density at radius 1 is 1.16 bits per heavy atom. The molecule has 168 valence electrons. The van der Waals surface area contributed by atoms with Crippen molar-refractivity contribution in [3.63, 3.8) is 0 Å². The van der Waals surface area contributed by atoms with Crippen LogP contribution in [0.25, 0.3) is 11.0 Å². The molecule has 3 aromatic rings. The number of imidazole rings is 1. The fraction of sp³-hybridized carbons (Fsp3) is 0.360. The highest BCUT2D eigenvalue weighted by Crippen LogP contribution is 2.41. The molecule has 0 unspecified atom stereocenters. The minimum absolute atomic E-state index is 0.389. The van der Waals surface area contributed by atoms with Crippen LogP contribution in [-0.4, -0.2) is 36.3 Å². The molecule has 0 radical (unpaired) electrons. The van der Waals surface area contributed by atoms with Crippen molar-refractivity contribution < 1.29 is 19.0 Å². The van der Waals surface area contributed by atoms with E-state index in [1.807, 2.05) is 54.0 Å². The van der Waals surface area contributed by atoms with Gasteiger partial charge >= 0.3 is 5.97 Å². The van der Waals surface area contributed by atoms with Crippen LogP contribution in [0.4, 0.5) is 5.95 Å². The number of carbonyl (C=O) groups excluding carboxylic acids is 1. The molecule has 32 heavy (non-hydrogen) atoms. The number of carbonyl (C=O) groups is 1. The van der Waals surface area contributed by atoms with Crippen molar-refractivity contribution in [1.82, 2.24) is 9.55 Å². The molecule has 0 spiro atoms. The van der Waals surface area contributed by atoms with Crippen molar-refractivity contribution in [2.75, 3.05) is 26.1 Å². The highest BCUT2D eigenvalue weighted by Gasteiger charge is 2.35. The van der Waals surface area contributed by atoms with Gasteiger partial charge < -0.3 is 19.5 Å². The van der Waals surface area contributed by atoms with Gasteiger partial charge in [-0.2, -0.15) is 0 Å². The number of nitrogens with zero attached hydrogens (tertiary/aromatic N) is 2. The fourth-order valence-electron chi connectivity index (χ4n) is 4.03. The van der Waals surface area contributed by atoms with E-state index in [0.29, 0.717) is 41.2 Å². The molecule has 4 rings (SSSR count). The van der Waals surface area contributed by atoms with Gasteiger partial charge in [0.25, 0.3) is 0 Å². The number of methoxy groups -OCH3 is 2. The van der Waals surface area contributed by atoms with Gasteiger partial charge in [0.1, 0.15) is 0 Å². The Morgan fingerprint density at radius 3 is 2.66 bits per heavy atom. The Morgan fingerprint density at radius 2 is 1.94 bits per heavy atom. The number of nitrogens with one attached hydrogen (secondary N) is 1. The normalized spacial score (nSPS) is 15.5. The van der Waals surface area contributed by atoms with E-state index in [2.05, 4.69) is 19.2 Å². The average Bonchev–Trinajstić information content (AvgIpc) is 3.15. The quantitative estimate of drug-likeness (QED) is 0.531. The first-order chi connectivity index (χ1) is 15.4. The molecule has 2 heterocycles. The number of ether oxygens (including phenoxy) is 3. The predicted octanol–water partition coefficient (Wildman–Crippen LogP) is 4.93. The van der Waals surface area contributed by atoms with Crippen molar-refractivity contribution in [1.29, 1.82) is 0 Å². The number of aromatic nitrogens is 2. The van der Waals surface area contributed by atoms with Crippen molar-refractivity contribution in [3.8, 4) is 11.5 Å². The molecule has 7 nitrogen and oxygen atoms in total. The van der Waals surface area contributed by atoms with Crippen molar-refractivity contribution in [2.24, 2.45) is 5.92 Å². The summed E-state index contributed by atoms with van der Waals surface area (Å²) < 4.78 is 18.8. The summed E-state index contributed by atoms with van der Waals surface area (Å²) in [5.74, 6) is 2.15. The van der Waals surface area contributed by atoms with Gasteiger partial charge in [-0.15, -0.1) is 0 Å². The lowest BCUT2D eigenvalue weighted by Gasteiger charge is -2.30. The number of fused-ring (bicyclic) bond motifs is 3. The van der Waals surface area contributed by atoms with Crippen LogP contribution in [0.1, 0.15) is 38.8 Å². The molecule has 0 amide bonds. The largest absolute Gasteiger partial charge is 0.493 e. The molecule has 0 fully saturated rings. The molecular formula is C25H29N3O4. The van der Waals surface area contributed by atoms with Gasteiger partial charge in [-0.25, -0.2) is 9.78 Å². The molecule has 1 aliphatic rings. The molecule has 1 aliphatic heterocycles. The summed E-state index contributed by atoms with van der Waals surface area (Å²) in [6.07, 6.45) is 0.956. The Labute approximate surface area is 188 Å². The maximum atomic E-state index is 12.8. The Bertz CT molecular complexity index is 1180. The van der Waals surface area contributed by atoms with Crippen LogP contribution in [0, 0.1) is 5.92 Å². The van der Waals surface area contributed by atoms with Crippen LogP contribution in [-0.2, 0) is 9.53 Å². The van der Waals surface area contributed by atoms with E-state index in [1.165, 1.54) is 7.11 Å². The zero-order valence-electron chi connectivity index (χ0n) is 19.1. The van der Waals surface area contributed by atoms with E-state index in [1.54, 1.807) is 7.11 Å². The zero-order chi connectivity index (χ0) is 22.8. The van der Waals surface area contributed by atoms with Crippen LogP contribution in [0.15, 0.2) is 53.7 Å². The van der Waals surface area contributed by atoms with Crippen LogP contribution < -0.4 is 14.8 Å². The number of hydrogen-bond acceptors (Lipinski definition) is 6. The molecule has 2 aromatic carbocycles. The molecule has 1 aromatic heterocycles. The maximum Gasteiger partial charge on any atom is 0.337 e. The molecule has 0 saturated carbocycles. The molecule has 1 N–H and O–H groups in total. The summed E-state index contributed by atoms with van der Waals surface area (Å²) in [6, 6.07) is 13.2. The van der Waals surface area contributed by atoms with Crippen molar-refractivity contribution >= 4 is 23.0 Å². The number of para-hydroxylation sites is 2. The Kier molecular flexibility index (Phi) is 6.08. The number of esters is 1. The smallest absolute Gasteiger partial charge is 0.337 e. The number of allylic oxidation sites excluding steroid dienone is 1. The summed E-state index contributed by atoms with van der Waals surface area (Å²) in [7, 11) is 3.02. The minimum atomic E-state index is -0.426. The van der Waals surface area contributed by atoms with Gasteiger partial charge in [0, 0.05) is 5.70 Å². The highest BCUT2D eigenvalue weighted by atomic mass is 16.5. The summed E-state index contributed by atoms with van der Waals surface area (Å²) in [4.78, 5) is 17.6. The topological polar surface area (TPSA) is 74.6 Å². The number of rotatable bonds is 7. The van der Waals surface area contributed by atoms with Crippen LogP contribution in [0.3, 0.4) is 0 Å². The monoisotopic (exact) mass is 435 g/mol. The second-order valence-corrected chi connectivity index (χ2v) is 8.29. The van der Waals surface area contributed by atoms with Crippen LogP contribution in [0.2, 0.25) is 0 Å². The number of benzene rings is 2. The number of hydrogen-bond donors (Lipinski definition) is 1. The summed E-state index contributed by atoms with van der Waals surface area (Å²) in [5.41, 5.74) is 3.88. The van der Waals surface area contributed by atoms with E-state index in [9.17, 15) is 4.79 Å². The molecule has 1 atom stereocenters. The van der Waals surface area contributed by atoms with E-state index in [4.69, 9.17) is 19.2 Å². The first kappa shape index (κ1) is 21.7.